The van der Waals surface area contributed by atoms with Gasteiger partial charge in [-0.1, -0.05) is 6.07 Å². The molecule has 0 amide bonds. The molecule has 1 fully saturated rings. The van der Waals surface area contributed by atoms with E-state index in [0.29, 0.717) is 11.8 Å². The number of rotatable bonds is 4. The van der Waals surface area contributed by atoms with Gasteiger partial charge in [0.05, 0.1) is 6.10 Å². The van der Waals surface area contributed by atoms with Gasteiger partial charge in [-0.15, -0.1) is 0 Å². The number of aldehydes is 1. The van der Waals surface area contributed by atoms with Crippen molar-refractivity contribution >= 4 is 18.3 Å². The van der Waals surface area contributed by atoms with Gasteiger partial charge < -0.3 is 30.0 Å². The molecule has 4 N–H and O–H groups in total. The molecule has 3 atom stereocenters. The summed E-state index contributed by atoms with van der Waals surface area (Å²) in [7, 11) is 0. The first-order valence-electron chi connectivity index (χ1n) is 7.10. The van der Waals surface area contributed by atoms with E-state index in [9.17, 15) is 30.0 Å². The van der Waals surface area contributed by atoms with Crippen molar-refractivity contribution in [2.45, 2.75) is 37.1 Å². The summed E-state index contributed by atoms with van der Waals surface area (Å²) in [6.45, 7) is 0. The number of phenolic OH excluding ortho intramolecular Hbond substituents is 2. The van der Waals surface area contributed by atoms with Crippen LogP contribution in [0.3, 0.4) is 0 Å². The second-order valence-electron chi connectivity index (χ2n) is 5.59. The number of aliphatic hydroxyl groups is 2. The quantitative estimate of drug-likeness (QED) is 0.275. The van der Waals surface area contributed by atoms with Gasteiger partial charge in [0.2, 0.25) is 0 Å². The minimum Gasteiger partial charge on any atom is -0.504 e. The third-order valence-corrected chi connectivity index (χ3v) is 3.75. The average molecular weight is 322 g/mol. The molecule has 0 aliphatic heterocycles. The molecule has 7 heteroatoms. The van der Waals surface area contributed by atoms with Crippen LogP contribution in [0.2, 0.25) is 0 Å². The molecule has 1 aliphatic carbocycles. The van der Waals surface area contributed by atoms with Crippen LogP contribution in [-0.4, -0.2) is 50.5 Å². The standard InChI is InChI=1S/C16H18O7/c17-9-16(22)6-5-14(13(20)8-16)23-15(21)4-2-10-1-3-11(18)12(19)7-10/h1-4,7,9,13-14,18-20,22H,5-6,8H2/b4-2+/t13-,14+,16-/m1/s1. The van der Waals surface area contributed by atoms with Gasteiger partial charge in [-0.05, 0) is 36.6 Å². The Kier molecular flexibility index (Phi) is 5.02. The highest BCUT2D eigenvalue weighted by molar-refractivity contribution is 5.87. The number of esters is 1. The Labute approximate surface area is 132 Å². The molecule has 0 spiro atoms. The Morgan fingerprint density at radius 3 is 2.65 bits per heavy atom. The molecule has 0 aromatic heterocycles. The maximum atomic E-state index is 11.7. The van der Waals surface area contributed by atoms with Gasteiger partial charge in [-0.25, -0.2) is 4.79 Å². The number of carbonyl (C=O) groups is 2. The normalized spacial score (nSPS) is 27.7. The Morgan fingerprint density at radius 2 is 2.04 bits per heavy atom. The van der Waals surface area contributed by atoms with Crippen molar-refractivity contribution in [3.05, 3.63) is 29.8 Å². The largest absolute Gasteiger partial charge is 0.504 e. The van der Waals surface area contributed by atoms with Gasteiger partial charge in [0.25, 0.3) is 0 Å². The van der Waals surface area contributed by atoms with Crippen LogP contribution in [0, 0.1) is 0 Å². The van der Waals surface area contributed by atoms with Crippen LogP contribution in [0.5, 0.6) is 11.5 Å². The highest BCUT2D eigenvalue weighted by atomic mass is 16.6. The zero-order valence-electron chi connectivity index (χ0n) is 12.3. The van der Waals surface area contributed by atoms with Crippen LogP contribution in [0.1, 0.15) is 24.8 Å². The van der Waals surface area contributed by atoms with Gasteiger partial charge in [0, 0.05) is 12.5 Å². The Balaban J connectivity index is 1.93. The molecule has 1 aliphatic rings. The van der Waals surface area contributed by atoms with E-state index in [1.165, 1.54) is 24.3 Å². The van der Waals surface area contributed by atoms with E-state index >= 15 is 0 Å². The maximum absolute atomic E-state index is 11.7. The second-order valence-corrected chi connectivity index (χ2v) is 5.59. The number of phenols is 2. The molecule has 1 saturated carbocycles. The smallest absolute Gasteiger partial charge is 0.331 e. The Morgan fingerprint density at radius 1 is 1.30 bits per heavy atom. The third kappa shape index (κ3) is 4.30. The lowest BCUT2D eigenvalue weighted by atomic mass is 9.82. The molecule has 2 rings (SSSR count). The van der Waals surface area contributed by atoms with E-state index in [1.54, 1.807) is 0 Å². The highest BCUT2D eigenvalue weighted by Crippen LogP contribution is 2.29. The van der Waals surface area contributed by atoms with Crippen molar-refractivity contribution in [3.8, 4) is 11.5 Å². The van der Waals surface area contributed by atoms with Crippen molar-refractivity contribution in [1.29, 1.82) is 0 Å². The predicted molar refractivity (Wildman–Crippen MR) is 79.6 cm³/mol. The van der Waals surface area contributed by atoms with Crippen molar-refractivity contribution in [2.75, 3.05) is 0 Å². The van der Waals surface area contributed by atoms with Gasteiger partial charge in [0.15, 0.2) is 17.8 Å². The van der Waals surface area contributed by atoms with Crippen LogP contribution in [0.15, 0.2) is 24.3 Å². The lowest BCUT2D eigenvalue weighted by Gasteiger charge is -2.35. The summed E-state index contributed by atoms with van der Waals surface area (Å²) in [6.07, 6.45) is 1.11. The molecule has 0 unspecified atom stereocenters. The SMILES string of the molecule is O=C[C@@]1(O)CC[C@H](OC(=O)/C=C/c2ccc(O)c(O)c2)[C@H](O)C1. The summed E-state index contributed by atoms with van der Waals surface area (Å²) in [5.41, 5.74) is -1.08. The number of aromatic hydroxyl groups is 2. The summed E-state index contributed by atoms with van der Waals surface area (Å²) in [5, 5.41) is 38.2. The summed E-state index contributed by atoms with van der Waals surface area (Å²) in [6, 6.07) is 4.06. The summed E-state index contributed by atoms with van der Waals surface area (Å²) >= 11 is 0. The van der Waals surface area contributed by atoms with Crippen molar-refractivity contribution in [1.82, 2.24) is 0 Å². The van der Waals surface area contributed by atoms with Crippen LogP contribution >= 0.6 is 0 Å². The van der Waals surface area contributed by atoms with Gasteiger partial charge >= 0.3 is 5.97 Å². The lowest BCUT2D eigenvalue weighted by Crippen LogP contribution is -2.47. The first-order chi connectivity index (χ1) is 10.8. The molecule has 0 heterocycles. The Hall–Kier alpha value is -2.38. The fourth-order valence-electron chi connectivity index (χ4n) is 2.42. The molecule has 0 saturated heterocycles. The molecule has 23 heavy (non-hydrogen) atoms. The van der Waals surface area contributed by atoms with Crippen molar-refractivity contribution in [3.63, 3.8) is 0 Å². The van der Waals surface area contributed by atoms with Crippen molar-refractivity contribution < 1.29 is 34.8 Å². The molecule has 124 valence electrons. The topological polar surface area (TPSA) is 124 Å². The van der Waals surface area contributed by atoms with Crippen molar-refractivity contribution in [2.24, 2.45) is 0 Å². The predicted octanol–water partition coefficient (Wildman–Crippen LogP) is 0.498. The van der Waals surface area contributed by atoms with Crippen LogP contribution in [0.25, 0.3) is 6.08 Å². The van der Waals surface area contributed by atoms with E-state index < -0.39 is 23.8 Å². The molecular formula is C16H18O7. The average Bonchev–Trinajstić information content (AvgIpc) is 2.51. The van der Waals surface area contributed by atoms with Gasteiger partial charge in [-0.2, -0.15) is 0 Å². The molecular weight excluding hydrogens is 304 g/mol. The lowest BCUT2D eigenvalue weighted by molar-refractivity contribution is -0.161. The monoisotopic (exact) mass is 322 g/mol. The number of hydrogen-bond donors (Lipinski definition) is 4. The first-order valence-corrected chi connectivity index (χ1v) is 7.10. The van der Waals surface area contributed by atoms with Crippen LogP contribution in [-0.2, 0) is 14.3 Å². The van der Waals surface area contributed by atoms with Crippen LogP contribution in [0.4, 0.5) is 0 Å². The molecule has 0 radical (unpaired) electrons. The third-order valence-electron chi connectivity index (χ3n) is 3.75. The molecule has 0 bridgehead atoms. The maximum Gasteiger partial charge on any atom is 0.331 e. The molecule has 1 aromatic rings. The van der Waals surface area contributed by atoms with Gasteiger partial charge in [-0.3, -0.25) is 0 Å². The minimum absolute atomic E-state index is 0.112. The molecule has 7 nitrogen and oxygen atoms in total. The minimum atomic E-state index is -1.57. The van der Waals surface area contributed by atoms with E-state index in [0.717, 1.165) is 6.08 Å². The first kappa shape index (κ1) is 17.0. The number of aliphatic hydroxyl groups excluding tert-OH is 1. The van der Waals surface area contributed by atoms with E-state index in [-0.39, 0.29) is 30.8 Å². The summed E-state index contributed by atoms with van der Waals surface area (Å²) in [4.78, 5) is 22.5. The zero-order valence-corrected chi connectivity index (χ0v) is 12.3. The highest BCUT2D eigenvalue weighted by Gasteiger charge is 2.40. The number of ether oxygens (including phenoxy) is 1. The van der Waals surface area contributed by atoms with Gasteiger partial charge in [0.1, 0.15) is 11.7 Å². The second kappa shape index (κ2) is 6.80. The zero-order chi connectivity index (χ0) is 17.0. The number of carbonyl (C=O) groups excluding carboxylic acids is 2. The number of benzene rings is 1. The van der Waals surface area contributed by atoms with E-state index in [1.807, 2.05) is 0 Å². The van der Waals surface area contributed by atoms with E-state index in [4.69, 9.17) is 4.74 Å². The van der Waals surface area contributed by atoms with E-state index in [2.05, 4.69) is 0 Å². The summed E-state index contributed by atoms with van der Waals surface area (Å²) < 4.78 is 5.10. The molecule has 1 aromatic carbocycles. The number of hydrogen-bond acceptors (Lipinski definition) is 7. The fourth-order valence-corrected chi connectivity index (χ4v) is 2.42. The fraction of sp³-hybridized carbons (Fsp3) is 0.375. The van der Waals surface area contributed by atoms with Crippen LogP contribution < -0.4 is 0 Å². The Bertz CT molecular complexity index is 625. The summed E-state index contributed by atoms with van der Waals surface area (Å²) in [5.74, 6) is -1.27.